The fourth-order valence-corrected chi connectivity index (χ4v) is 2.44. The highest BCUT2D eigenvalue weighted by molar-refractivity contribution is 5.96. The molecule has 0 fully saturated rings. The highest BCUT2D eigenvalue weighted by Crippen LogP contribution is 2.17. The van der Waals surface area contributed by atoms with Gasteiger partial charge in [-0.3, -0.25) is 9.59 Å². The van der Waals surface area contributed by atoms with Crippen LogP contribution in [0.3, 0.4) is 0 Å². The van der Waals surface area contributed by atoms with Crippen molar-refractivity contribution in [2.45, 2.75) is 20.3 Å². The minimum absolute atomic E-state index is 0.178. The number of amides is 2. The van der Waals surface area contributed by atoms with Crippen molar-refractivity contribution in [1.82, 2.24) is 0 Å². The molecule has 0 aliphatic rings. The van der Waals surface area contributed by atoms with Gasteiger partial charge in [0.05, 0.1) is 12.2 Å². The second kappa shape index (κ2) is 9.96. The summed E-state index contributed by atoms with van der Waals surface area (Å²) in [5, 5.41) is 8.53. The fourth-order valence-electron chi connectivity index (χ4n) is 2.44. The maximum absolute atomic E-state index is 12.1. The third kappa shape index (κ3) is 6.47. The quantitative estimate of drug-likeness (QED) is 0.621. The normalized spacial score (nSPS) is 10.0. The summed E-state index contributed by atoms with van der Waals surface area (Å²) in [7, 11) is 0. The van der Waals surface area contributed by atoms with Crippen molar-refractivity contribution in [3.63, 3.8) is 0 Å². The van der Waals surface area contributed by atoms with E-state index in [0.29, 0.717) is 35.8 Å². The van der Waals surface area contributed by atoms with E-state index in [4.69, 9.17) is 4.74 Å². The Hall–Kier alpha value is -3.35. The molecule has 2 aromatic carbocycles. The van der Waals surface area contributed by atoms with Crippen LogP contribution < -0.4 is 16.0 Å². The Balaban J connectivity index is 1.88. The van der Waals surface area contributed by atoms with Gasteiger partial charge in [0, 0.05) is 37.0 Å². The molecule has 0 atom stereocenters. The van der Waals surface area contributed by atoms with Crippen LogP contribution in [0.2, 0.25) is 0 Å². The van der Waals surface area contributed by atoms with Crippen molar-refractivity contribution < 1.29 is 19.1 Å². The molecule has 27 heavy (non-hydrogen) atoms. The summed E-state index contributed by atoms with van der Waals surface area (Å²) in [6, 6.07) is 13.9. The molecule has 0 heterocycles. The molecule has 0 bridgehead atoms. The van der Waals surface area contributed by atoms with Crippen LogP contribution in [-0.4, -0.2) is 30.9 Å². The van der Waals surface area contributed by atoms with E-state index in [1.807, 2.05) is 0 Å². The van der Waals surface area contributed by atoms with E-state index in [9.17, 15) is 14.4 Å². The number of hydrogen-bond acceptors (Lipinski definition) is 5. The van der Waals surface area contributed by atoms with Crippen LogP contribution in [0.25, 0.3) is 0 Å². The van der Waals surface area contributed by atoms with Crippen molar-refractivity contribution in [3.8, 4) is 0 Å². The van der Waals surface area contributed by atoms with Gasteiger partial charge in [0.15, 0.2) is 0 Å². The molecule has 0 unspecified atom stereocenters. The lowest BCUT2D eigenvalue weighted by Gasteiger charge is -2.11. The number of nitrogens with one attached hydrogen (secondary N) is 3. The highest BCUT2D eigenvalue weighted by atomic mass is 16.5. The van der Waals surface area contributed by atoms with Crippen molar-refractivity contribution in [1.29, 1.82) is 0 Å². The van der Waals surface area contributed by atoms with E-state index >= 15 is 0 Å². The van der Waals surface area contributed by atoms with Gasteiger partial charge in [0.25, 0.3) is 0 Å². The predicted molar refractivity (Wildman–Crippen MR) is 105 cm³/mol. The molecule has 7 heteroatoms. The van der Waals surface area contributed by atoms with Crippen LogP contribution >= 0.6 is 0 Å². The number of benzene rings is 2. The molecular weight excluding hydrogens is 346 g/mol. The standard InChI is InChI=1S/C20H23N3O4/c1-3-27-20(26)17-9-4-5-10-18(17)21-12-11-19(25)23-16-8-6-7-15(13-16)22-14(2)24/h4-10,13,21H,3,11-12H2,1-2H3,(H,22,24)(H,23,25). The molecular formula is C20H23N3O4. The number of para-hydroxylation sites is 1. The molecule has 0 aromatic heterocycles. The molecule has 2 amide bonds. The van der Waals surface area contributed by atoms with Crippen molar-refractivity contribution in [2.75, 3.05) is 29.1 Å². The van der Waals surface area contributed by atoms with E-state index in [2.05, 4.69) is 16.0 Å². The molecule has 0 saturated heterocycles. The number of carbonyl (C=O) groups is 3. The molecule has 0 saturated carbocycles. The lowest BCUT2D eigenvalue weighted by atomic mass is 10.1. The highest BCUT2D eigenvalue weighted by Gasteiger charge is 2.12. The third-order valence-corrected chi connectivity index (χ3v) is 3.56. The Labute approximate surface area is 158 Å². The van der Waals surface area contributed by atoms with Gasteiger partial charge in [-0.05, 0) is 37.3 Å². The van der Waals surface area contributed by atoms with Crippen LogP contribution in [0.4, 0.5) is 17.1 Å². The van der Waals surface area contributed by atoms with Crippen LogP contribution in [0.15, 0.2) is 48.5 Å². The topological polar surface area (TPSA) is 96.5 Å². The Kier molecular flexibility index (Phi) is 7.37. The van der Waals surface area contributed by atoms with Crippen LogP contribution in [0, 0.1) is 0 Å². The average Bonchev–Trinajstić information content (AvgIpc) is 2.62. The van der Waals surface area contributed by atoms with Gasteiger partial charge >= 0.3 is 5.97 Å². The van der Waals surface area contributed by atoms with E-state index < -0.39 is 5.97 Å². The number of ether oxygens (including phenoxy) is 1. The monoisotopic (exact) mass is 369 g/mol. The van der Waals surface area contributed by atoms with Crippen molar-refractivity contribution in [3.05, 3.63) is 54.1 Å². The second-order valence-corrected chi connectivity index (χ2v) is 5.75. The van der Waals surface area contributed by atoms with Gasteiger partial charge < -0.3 is 20.7 Å². The summed E-state index contributed by atoms with van der Waals surface area (Å²) >= 11 is 0. The van der Waals surface area contributed by atoms with Crippen molar-refractivity contribution >= 4 is 34.8 Å². The van der Waals surface area contributed by atoms with Gasteiger partial charge in [-0.2, -0.15) is 0 Å². The molecule has 0 radical (unpaired) electrons. The van der Waals surface area contributed by atoms with Gasteiger partial charge in [0.1, 0.15) is 0 Å². The Morgan fingerprint density at radius 3 is 2.37 bits per heavy atom. The number of anilines is 3. The molecule has 0 spiro atoms. The number of esters is 1. The van der Waals surface area contributed by atoms with E-state index in [1.54, 1.807) is 55.5 Å². The maximum atomic E-state index is 12.1. The molecule has 3 N–H and O–H groups in total. The lowest BCUT2D eigenvalue weighted by Crippen LogP contribution is -2.17. The maximum Gasteiger partial charge on any atom is 0.340 e. The summed E-state index contributed by atoms with van der Waals surface area (Å²) in [5.41, 5.74) is 2.26. The van der Waals surface area contributed by atoms with E-state index in [-0.39, 0.29) is 18.2 Å². The minimum Gasteiger partial charge on any atom is -0.462 e. The first-order chi connectivity index (χ1) is 13.0. The van der Waals surface area contributed by atoms with Gasteiger partial charge in [-0.1, -0.05) is 18.2 Å². The summed E-state index contributed by atoms with van der Waals surface area (Å²) in [6.07, 6.45) is 0.210. The Bertz CT molecular complexity index is 820. The zero-order valence-corrected chi connectivity index (χ0v) is 15.4. The first kappa shape index (κ1) is 20.0. The van der Waals surface area contributed by atoms with Crippen molar-refractivity contribution in [2.24, 2.45) is 0 Å². The smallest absolute Gasteiger partial charge is 0.340 e. The molecule has 0 aliphatic heterocycles. The van der Waals surface area contributed by atoms with Gasteiger partial charge in [-0.15, -0.1) is 0 Å². The first-order valence-corrected chi connectivity index (χ1v) is 8.67. The van der Waals surface area contributed by atoms with Crippen LogP contribution in [-0.2, 0) is 14.3 Å². The minimum atomic E-state index is -0.403. The molecule has 7 nitrogen and oxygen atoms in total. The second-order valence-electron chi connectivity index (χ2n) is 5.75. The zero-order valence-electron chi connectivity index (χ0n) is 15.4. The van der Waals surface area contributed by atoms with Gasteiger partial charge in [0.2, 0.25) is 11.8 Å². The average molecular weight is 369 g/mol. The van der Waals surface area contributed by atoms with Crippen LogP contribution in [0.5, 0.6) is 0 Å². The summed E-state index contributed by atoms with van der Waals surface area (Å²) < 4.78 is 5.03. The largest absolute Gasteiger partial charge is 0.462 e. The molecule has 142 valence electrons. The first-order valence-electron chi connectivity index (χ1n) is 8.67. The zero-order chi connectivity index (χ0) is 19.6. The SMILES string of the molecule is CCOC(=O)c1ccccc1NCCC(=O)Nc1cccc(NC(C)=O)c1. The molecule has 2 rings (SSSR count). The number of rotatable bonds is 8. The predicted octanol–water partition coefficient (Wildman–Crippen LogP) is 3.26. The molecule has 0 aliphatic carbocycles. The Morgan fingerprint density at radius 2 is 1.67 bits per heavy atom. The fraction of sp³-hybridized carbons (Fsp3) is 0.250. The third-order valence-electron chi connectivity index (χ3n) is 3.56. The Morgan fingerprint density at radius 1 is 0.963 bits per heavy atom. The summed E-state index contributed by atoms with van der Waals surface area (Å²) in [4.78, 5) is 35.2. The lowest BCUT2D eigenvalue weighted by molar-refractivity contribution is -0.116. The van der Waals surface area contributed by atoms with Gasteiger partial charge in [-0.25, -0.2) is 4.79 Å². The number of hydrogen-bond donors (Lipinski definition) is 3. The number of carbonyl (C=O) groups excluding carboxylic acids is 3. The van der Waals surface area contributed by atoms with Crippen LogP contribution in [0.1, 0.15) is 30.6 Å². The summed E-state index contributed by atoms with van der Waals surface area (Å²) in [6.45, 7) is 3.82. The van der Waals surface area contributed by atoms with E-state index in [1.165, 1.54) is 6.92 Å². The summed E-state index contributed by atoms with van der Waals surface area (Å²) in [5.74, 6) is -0.765. The van der Waals surface area contributed by atoms with E-state index in [0.717, 1.165) is 0 Å². The molecule has 2 aromatic rings.